The lowest BCUT2D eigenvalue weighted by Gasteiger charge is -2.33. The molecule has 168 valence electrons. The van der Waals surface area contributed by atoms with Crippen molar-refractivity contribution in [1.82, 2.24) is 25.0 Å². The van der Waals surface area contributed by atoms with E-state index < -0.39 is 0 Å². The second-order valence-corrected chi connectivity index (χ2v) is 8.51. The van der Waals surface area contributed by atoms with Crippen LogP contribution in [0.15, 0.2) is 36.5 Å². The van der Waals surface area contributed by atoms with Gasteiger partial charge in [-0.3, -0.25) is 14.8 Å². The lowest BCUT2D eigenvalue weighted by atomic mass is 9.92. The zero-order chi connectivity index (χ0) is 21.9. The van der Waals surface area contributed by atoms with E-state index in [1.54, 1.807) is 13.3 Å². The summed E-state index contributed by atoms with van der Waals surface area (Å²) in [5.41, 5.74) is 3.58. The highest BCUT2D eigenvalue weighted by Crippen LogP contribution is 2.30. The van der Waals surface area contributed by atoms with Crippen LogP contribution < -0.4 is 4.74 Å². The number of fused-ring (bicyclic) bond motifs is 1. The fourth-order valence-corrected chi connectivity index (χ4v) is 4.79. The smallest absolute Gasteiger partial charge is 0.257 e. The minimum absolute atomic E-state index is 0.0532. The summed E-state index contributed by atoms with van der Waals surface area (Å²) in [5, 5.41) is 8.44. The molecule has 2 aliphatic rings. The second kappa shape index (κ2) is 9.26. The van der Waals surface area contributed by atoms with Crippen molar-refractivity contribution in [3.05, 3.63) is 53.5 Å². The van der Waals surface area contributed by atoms with E-state index in [1.807, 2.05) is 17.0 Å². The number of amides is 1. The molecule has 2 aliphatic heterocycles. The van der Waals surface area contributed by atoms with Gasteiger partial charge < -0.3 is 14.4 Å². The van der Waals surface area contributed by atoms with Crippen LogP contribution in [0.25, 0.3) is 10.9 Å². The van der Waals surface area contributed by atoms with Crippen LogP contribution in [-0.4, -0.2) is 77.4 Å². The number of nitrogens with zero attached hydrogens (tertiary/aromatic N) is 4. The van der Waals surface area contributed by atoms with Crippen molar-refractivity contribution in [3.8, 4) is 5.75 Å². The van der Waals surface area contributed by atoms with Gasteiger partial charge in [-0.1, -0.05) is 18.2 Å². The highest BCUT2D eigenvalue weighted by molar-refractivity contribution is 5.95. The van der Waals surface area contributed by atoms with Crippen molar-refractivity contribution in [2.45, 2.75) is 25.3 Å². The fraction of sp³-hybridized carbons (Fsp3) is 0.458. The lowest BCUT2D eigenvalue weighted by Crippen LogP contribution is -2.41. The average molecular weight is 436 g/mol. The number of hydrogen-bond acceptors (Lipinski definition) is 6. The van der Waals surface area contributed by atoms with Gasteiger partial charge in [-0.15, -0.1) is 0 Å². The molecule has 0 bridgehead atoms. The van der Waals surface area contributed by atoms with Gasteiger partial charge in [-0.25, -0.2) is 4.98 Å². The van der Waals surface area contributed by atoms with Crippen LogP contribution in [0.4, 0.5) is 0 Å². The molecule has 2 saturated heterocycles. The number of carbonyl (C=O) groups excluding carboxylic acids is 1. The Kier molecular flexibility index (Phi) is 6.05. The van der Waals surface area contributed by atoms with E-state index in [1.165, 1.54) is 0 Å². The van der Waals surface area contributed by atoms with Crippen molar-refractivity contribution in [2.24, 2.45) is 0 Å². The van der Waals surface area contributed by atoms with Gasteiger partial charge >= 0.3 is 0 Å². The minimum Gasteiger partial charge on any atom is -0.494 e. The number of H-pyrrole nitrogens is 1. The first-order valence-corrected chi connectivity index (χ1v) is 11.3. The van der Waals surface area contributed by atoms with Crippen molar-refractivity contribution >= 4 is 16.8 Å². The van der Waals surface area contributed by atoms with Crippen LogP contribution in [-0.2, 0) is 11.3 Å². The van der Waals surface area contributed by atoms with E-state index in [2.05, 4.69) is 33.3 Å². The molecule has 1 atom stereocenters. The summed E-state index contributed by atoms with van der Waals surface area (Å²) in [7, 11) is 1.68. The summed E-state index contributed by atoms with van der Waals surface area (Å²) >= 11 is 0. The molecule has 8 heteroatoms. The third kappa shape index (κ3) is 4.20. The summed E-state index contributed by atoms with van der Waals surface area (Å²) in [4.78, 5) is 22.2. The Morgan fingerprint density at radius 3 is 2.94 bits per heavy atom. The SMILES string of the molecule is COc1cccc2ccc(CN3CCCC(c4[nH]ncc4C(=O)N4CCOCC4)C3)nc12. The molecule has 0 radical (unpaired) electrons. The largest absolute Gasteiger partial charge is 0.494 e. The number of morpholine rings is 1. The first kappa shape index (κ1) is 20.9. The molecule has 1 amide bonds. The molecule has 5 rings (SSSR count). The molecule has 1 N–H and O–H groups in total. The number of methoxy groups -OCH3 is 1. The third-order valence-electron chi connectivity index (χ3n) is 6.46. The third-order valence-corrected chi connectivity index (χ3v) is 6.46. The van der Waals surface area contributed by atoms with E-state index >= 15 is 0 Å². The van der Waals surface area contributed by atoms with E-state index in [9.17, 15) is 4.79 Å². The monoisotopic (exact) mass is 435 g/mol. The van der Waals surface area contributed by atoms with Crippen LogP contribution in [0, 0.1) is 0 Å². The Hall–Kier alpha value is -2.97. The van der Waals surface area contributed by atoms with Gasteiger partial charge in [-0.2, -0.15) is 5.10 Å². The molecule has 2 aromatic heterocycles. The number of aromatic amines is 1. The normalized spacial score (nSPS) is 19.9. The maximum atomic E-state index is 13.1. The van der Waals surface area contributed by atoms with Crippen LogP contribution >= 0.6 is 0 Å². The fourth-order valence-electron chi connectivity index (χ4n) is 4.79. The van der Waals surface area contributed by atoms with Crippen molar-refractivity contribution in [3.63, 3.8) is 0 Å². The number of likely N-dealkylation sites (tertiary alicyclic amines) is 1. The number of rotatable bonds is 5. The zero-order valence-corrected chi connectivity index (χ0v) is 18.4. The summed E-state index contributed by atoms with van der Waals surface area (Å²) in [5.74, 6) is 1.10. The summed E-state index contributed by atoms with van der Waals surface area (Å²) in [6, 6.07) is 10.2. The van der Waals surface area contributed by atoms with Crippen molar-refractivity contribution < 1.29 is 14.3 Å². The number of hydrogen-bond donors (Lipinski definition) is 1. The number of piperidine rings is 1. The highest BCUT2D eigenvalue weighted by atomic mass is 16.5. The number of pyridine rings is 1. The number of aromatic nitrogens is 3. The molecule has 8 nitrogen and oxygen atoms in total. The van der Waals surface area contributed by atoms with Crippen LogP contribution in [0.3, 0.4) is 0 Å². The highest BCUT2D eigenvalue weighted by Gasteiger charge is 2.29. The molecular formula is C24H29N5O3. The number of carbonyl (C=O) groups is 1. The Bertz CT molecular complexity index is 1090. The predicted molar refractivity (Wildman–Crippen MR) is 121 cm³/mol. The molecule has 0 aliphatic carbocycles. The maximum Gasteiger partial charge on any atom is 0.257 e. The van der Waals surface area contributed by atoms with Gasteiger partial charge in [0.15, 0.2) is 0 Å². The minimum atomic E-state index is 0.0532. The van der Waals surface area contributed by atoms with Crippen molar-refractivity contribution in [2.75, 3.05) is 46.5 Å². The van der Waals surface area contributed by atoms with Crippen LogP contribution in [0.5, 0.6) is 5.75 Å². The Labute approximate surface area is 187 Å². The zero-order valence-electron chi connectivity index (χ0n) is 18.4. The van der Waals surface area contributed by atoms with E-state index in [4.69, 9.17) is 14.5 Å². The lowest BCUT2D eigenvalue weighted by molar-refractivity contribution is 0.0301. The maximum absolute atomic E-state index is 13.1. The van der Waals surface area contributed by atoms with E-state index in [0.29, 0.717) is 31.9 Å². The van der Waals surface area contributed by atoms with Crippen LogP contribution in [0.2, 0.25) is 0 Å². The number of nitrogens with one attached hydrogen (secondary N) is 1. The van der Waals surface area contributed by atoms with Gasteiger partial charge in [0.05, 0.1) is 43.5 Å². The number of ether oxygens (including phenoxy) is 2. The topological polar surface area (TPSA) is 83.6 Å². The predicted octanol–water partition coefficient (Wildman–Crippen LogP) is 2.82. The van der Waals surface area contributed by atoms with Crippen molar-refractivity contribution in [1.29, 1.82) is 0 Å². The van der Waals surface area contributed by atoms with E-state index in [-0.39, 0.29) is 11.8 Å². The summed E-state index contributed by atoms with van der Waals surface area (Å²) in [6.45, 7) is 5.12. The van der Waals surface area contributed by atoms with Gasteiger partial charge in [0, 0.05) is 37.5 Å². The molecule has 0 spiro atoms. The van der Waals surface area contributed by atoms with Gasteiger partial charge in [0.2, 0.25) is 0 Å². The molecule has 3 aromatic rings. The van der Waals surface area contributed by atoms with Gasteiger partial charge in [0.25, 0.3) is 5.91 Å². The molecular weight excluding hydrogens is 406 g/mol. The molecule has 32 heavy (non-hydrogen) atoms. The summed E-state index contributed by atoms with van der Waals surface area (Å²) in [6.07, 6.45) is 3.80. The quantitative estimate of drug-likeness (QED) is 0.664. The first-order chi connectivity index (χ1) is 15.7. The first-order valence-electron chi connectivity index (χ1n) is 11.3. The van der Waals surface area contributed by atoms with Crippen LogP contribution in [0.1, 0.15) is 40.5 Å². The Balaban J connectivity index is 1.31. The summed E-state index contributed by atoms with van der Waals surface area (Å²) < 4.78 is 10.9. The van der Waals surface area contributed by atoms with E-state index in [0.717, 1.165) is 60.5 Å². The molecule has 0 saturated carbocycles. The second-order valence-electron chi connectivity index (χ2n) is 8.51. The molecule has 1 aromatic carbocycles. The van der Waals surface area contributed by atoms with Gasteiger partial charge in [0.1, 0.15) is 11.3 Å². The molecule has 4 heterocycles. The Morgan fingerprint density at radius 2 is 2.09 bits per heavy atom. The number of para-hydroxylation sites is 1. The molecule has 1 unspecified atom stereocenters. The van der Waals surface area contributed by atoms with Gasteiger partial charge in [-0.05, 0) is 31.5 Å². The average Bonchev–Trinajstić information content (AvgIpc) is 3.34. The standard InChI is InChI=1S/C24H29N5O3/c1-31-21-6-2-4-17-7-8-19(26-23(17)21)16-28-9-3-5-18(15-28)22-20(14-25-27-22)24(30)29-10-12-32-13-11-29/h2,4,6-8,14,18H,3,5,9-13,15-16H2,1H3,(H,25,27). The Morgan fingerprint density at radius 1 is 1.22 bits per heavy atom. The molecule has 2 fully saturated rings. The number of benzene rings is 1.